The second-order valence-electron chi connectivity index (χ2n) is 5.01. The average Bonchev–Trinajstić information content (AvgIpc) is 2.59. The normalized spacial score (nSPS) is 10.5. The van der Waals surface area contributed by atoms with Crippen LogP contribution in [0.3, 0.4) is 0 Å². The molecule has 1 heterocycles. The first-order chi connectivity index (χ1) is 11.2. The number of ether oxygens (including phenoxy) is 1. The fourth-order valence-corrected chi connectivity index (χ4v) is 2.25. The van der Waals surface area contributed by atoms with E-state index in [4.69, 9.17) is 16.3 Å². The van der Waals surface area contributed by atoms with Gasteiger partial charge < -0.3 is 10.1 Å². The first-order valence-electron chi connectivity index (χ1n) is 7.20. The van der Waals surface area contributed by atoms with Crippen LogP contribution in [0.5, 0.6) is 5.75 Å². The molecule has 0 fully saturated rings. The minimum Gasteiger partial charge on any atom is -0.484 e. The van der Waals surface area contributed by atoms with Crippen molar-refractivity contribution in [3.8, 4) is 5.75 Å². The number of nitrogens with one attached hydrogen (secondary N) is 1. The number of carbonyl (C=O) groups is 1. The molecule has 1 N–H and O–H groups in total. The molecule has 4 nitrogen and oxygen atoms in total. The molecule has 0 aliphatic heterocycles. The van der Waals surface area contributed by atoms with Crippen LogP contribution in [0.25, 0.3) is 10.9 Å². The SMILES string of the molecule is O=C(COc1ccc(Cl)cc1)NCc1ccc2ccccc2n1. The molecule has 116 valence electrons. The summed E-state index contributed by atoms with van der Waals surface area (Å²) in [5, 5.41) is 4.50. The molecule has 2 aromatic carbocycles. The molecule has 0 atom stereocenters. The molecule has 1 amide bonds. The molecule has 0 spiro atoms. The predicted molar refractivity (Wildman–Crippen MR) is 90.5 cm³/mol. The van der Waals surface area contributed by atoms with Gasteiger partial charge in [-0.25, -0.2) is 0 Å². The number of benzene rings is 2. The summed E-state index contributed by atoms with van der Waals surface area (Å²) in [4.78, 5) is 16.3. The standard InChI is InChI=1S/C18H15ClN2O2/c19-14-6-9-16(10-7-14)23-12-18(22)20-11-15-8-5-13-3-1-2-4-17(13)21-15/h1-10H,11-12H2,(H,20,22). The number of rotatable bonds is 5. The molecule has 0 unspecified atom stereocenters. The van der Waals surface area contributed by atoms with Crippen LogP contribution in [0.4, 0.5) is 0 Å². The Labute approximate surface area is 139 Å². The van der Waals surface area contributed by atoms with Gasteiger partial charge in [0.25, 0.3) is 5.91 Å². The fourth-order valence-electron chi connectivity index (χ4n) is 2.13. The van der Waals surface area contributed by atoms with E-state index in [0.717, 1.165) is 16.6 Å². The molecule has 0 radical (unpaired) electrons. The lowest BCUT2D eigenvalue weighted by Crippen LogP contribution is -2.28. The molecule has 3 rings (SSSR count). The summed E-state index contributed by atoms with van der Waals surface area (Å²) in [5.74, 6) is 0.406. The van der Waals surface area contributed by atoms with E-state index < -0.39 is 0 Å². The van der Waals surface area contributed by atoms with E-state index in [1.807, 2.05) is 36.4 Å². The zero-order chi connectivity index (χ0) is 16.1. The number of hydrogen-bond acceptors (Lipinski definition) is 3. The quantitative estimate of drug-likeness (QED) is 0.779. The number of fused-ring (bicyclic) bond motifs is 1. The van der Waals surface area contributed by atoms with Crippen LogP contribution in [0.15, 0.2) is 60.7 Å². The summed E-state index contributed by atoms with van der Waals surface area (Å²) in [6.07, 6.45) is 0. The number of amides is 1. The van der Waals surface area contributed by atoms with E-state index in [1.54, 1.807) is 24.3 Å². The molecule has 0 aliphatic rings. The van der Waals surface area contributed by atoms with Gasteiger partial charge in [-0.1, -0.05) is 35.9 Å². The summed E-state index contributed by atoms with van der Waals surface area (Å²) in [6.45, 7) is 0.322. The van der Waals surface area contributed by atoms with Crippen LogP contribution in [-0.4, -0.2) is 17.5 Å². The third-order valence-corrected chi connectivity index (χ3v) is 3.56. The first kappa shape index (κ1) is 15.3. The van der Waals surface area contributed by atoms with Gasteiger partial charge in [-0.2, -0.15) is 0 Å². The van der Waals surface area contributed by atoms with E-state index in [0.29, 0.717) is 17.3 Å². The van der Waals surface area contributed by atoms with Gasteiger partial charge in [-0.15, -0.1) is 0 Å². The van der Waals surface area contributed by atoms with Gasteiger partial charge in [-0.3, -0.25) is 9.78 Å². The van der Waals surface area contributed by atoms with Crippen LogP contribution in [-0.2, 0) is 11.3 Å². The van der Waals surface area contributed by atoms with Crippen LogP contribution in [0, 0.1) is 0 Å². The Balaban J connectivity index is 1.52. The maximum absolute atomic E-state index is 11.8. The summed E-state index contributed by atoms with van der Waals surface area (Å²) in [5.41, 5.74) is 1.72. The number of nitrogens with zero attached hydrogens (tertiary/aromatic N) is 1. The molecule has 0 aliphatic carbocycles. The summed E-state index contributed by atoms with van der Waals surface area (Å²) in [7, 11) is 0. The topological polar surface area (TPSA) is 51.2 Å². The fraction of sp³-hybridized carbons (Fsp3) is 0.111. The van der Waals surface area contributed by atoms with Crippen molar-refractivity contribution in [1.29, 1.82) is 0 Å². The van der Waals surface area contributed by atoms with E-state index in [-0.39, 0.29) is 12.5 Å². The van der Waals surface area contributed by atoms with Gasteiger partial charge in [0.05, 0.1) is 17.8 Å². The van der Waals surface area contributed by atoms with E-state index in [9.17, 15) is 4.79 Å². The third-order valence-electron chi connectivity index (χ3n) is 3.31. The van der Waals surface area contributed by atoms with Crippen molar-refractivity contribution in [2.75, 3.05) is 6.61 Å². The highest BCUT2D eigenvalue weighted by Crippen LogP contribution is 2.15. The molecule has 3 aromatic rings. The Morgan fingerprint density at radius 3 is 2.65 bits per heavy atom. The van der Waals surface area contributed by atoms with E-state index in [2.05, 4.69) is 10.3 Å². The largest absolute Gasteiger partial charge is 0.484 e. The van der Waals surface area contributed by atoms with Gasteiger partial charge >= 0.3 is 0 Å². The van der Waals surface area contributed by atoms with Crippen molar-refractivity contribution in [3.05, 3.63) is 71.4 Å². The van der Waals surface area contributed by atoms with Crippen molar-refractivity contribution in [2.24, 2.45) is 0 Å². The summed E-state index contributed by atoms with van der Waals surface area (Å²) in [6, 6.07) is 18.6. The lowest BCUT2D eigenvalue weighted by Gasteiger charge is -2.08. The number of carbonyl (C=O) groups excluding carboxylic acids is 1. The minimum atomic E-state index is -0.199. The maximum Gasteiger partial charge on any atom is 0.258 e. The number of aromatic nitrogens is 1. The molecule has 1 aromatic heterocycles. The number of hydrogen-bond donors (Lipinski definition) is 1. The molecule has 0 saturated heterocycles. The van der Waals surface area contributed by atoms with Gasteiger partial charge in [0.1, 0.15) is 5.75 Å². The second-order valence-corrected chi connectivity index (χ2v) is 5.45. The molecule has 5 heteroatoms. The van der Waals surface area contributed by atoms with Crippen molar-refractivity contribution in [3.63, 3.8) is 0 Å². The summed E-state index contributed by atoms with van der Waals surface area (Å²) < 4.78 is 5.39. The van der Waals surface area contributed by atoms with Gasteiger partial charge in [0, 0.05) is 10.4 Å². The van der Waals surface area contributed by atoms with Crippen LogP contribution in [0.1, 0.15) is 5.69 Å². The molecule has 0 bridgehead atoms. The molecular weight excluding hydrogens is 312 g/mol. The van der Waals surface area contributed by atoms with Gasteiger partial charge in [-0.05, 0) is 36.4 Å². The monoisotopic (exact) mass is 326 g/mol. The smallest absolute Gasteiger partial charge is 0.258 e. The zero-order valence-electron chi connectivity index (χ0n) is 12.3. The lowest BCUT2D eigenvalue weighted by atomic mass is 10.2. The van der Waals surface area contributed by atoms with Crippen molar-refractivity contribution in [1.82, 2.24) is 10.3 Å². The van der Waals surface area contributed by atoms with E-state index >= 15 is 0 Å². The Bertz CT molecular complexity index is 819. The minimum absolute atomic E-state index is 0.0464. The van der Waals surface area contributed by atoms with Gasteiger partial charge in [0.15, 0.2) is 6.61 Å². The van der Waals surface area contributed by atoms with Gasteiger partial charge in [0.2, 0.25) is 0 Å². The Hall–Kier alpha value is -2.59. The van der Waals surface area contributed by atoms with Crippen molar-refractivity contribution >= 4 is 28.4 Å². The van der Waals surface area contributed by atoms with Crippen LogP contribution >= 0.6 is 11.6 Å². The molecule has 23 heavy (non-hydrogen) atoms. The second kappa shape index (κ2) is 7.11. The Morgan fingerprint density at radius 2 is 1.83 bits per heavy atom. The molecule has 0 saturated carbocycles. The zero-order valence-corrected chi connectivity index (χ0v) is 13.1. The van der Waals surface area contributed by atoms with Crippen molar-refractivity contribution < 1.29 is 9.53 Å². The van der Waals surface area contributed by atoms with E-state index in [1.165, 1.54) is 0 Å². The van der Waals surface area contributed by atoms with Crippen LogP contribution in [0.2, 0.25) is 5.02 Å². The molecular formula is C18H15ClN2O2. The maximum atomic E-state index is 11.8. The highest BCUT2D eigenvalue weighted by atomic mass is 35.5. The third kappa shape index (κ3) is 4.20. The summed E-state index contributed by atoms with van der Waals surface area (Å²) >= 11 is 5.79. The Morgan fingerprint density at radius 1 is 1.04 bits per heavy atom. The highest BCUT2D eigenvalue weighted by molar-refractivity contribution is 6.30. The predicted octanol–water partition coefficient (Wildman–Crippen LogP) is 3.58. The van der Waals surface area contributed by atoms with Crippen molar-refractivity contribution in [2.45, 2.75) is 6.54 Å². The number of para-hydroxylation sites is 1. The Kier molecular flexibility index (Phi) is 4.74. The number of pyridine rings is 1. The lowest BCUT2D eigenvalue weighted by molar-refractivity contribution is -0.123. The van der Waals surface area contributed by atoms with Crippen LogP contribution < -0.4 is 10.1 Å². The number of halogens is 1. The first-order valence-corrected chi connectivity index (χ1v) is 7.58. The average molecular weight is 327 g/mol. The highest BCUT2D eigenvalue weighted by Gasteiger charge is 2.04.